The predicted octanol–water partition coefficient (Wildman–Crippen LogP) is 3.18. The van der Waals surface area contributed by atoms with Crippen molar-refractivity contribution in [1.82, 2.24) is 18.8 Å². The van der Waals surface area contributed by atoms with Gasteiger partial charge in [0.25, 0.3) is 10.2 Å². The lowest BCUT2D eigenvalue weighted by atomic mass is 10.0. The van der Waals surface area contributed by atoms with Crippen LogP contribution in [0.15, 0.2) is 42.7 Å². The molecule has 0 amide bonds. The molecule has 3 unspecified atom stereocenters. The molecule has 0 bridgehead atoms. The third-order valence-corrected chi connectivity index (χ3v) is 9.13. The maximum atomic E-state index is 14.1. The van der Waals surface area contributed by atoms with Crippen LogP contribution in [0.4, 0.5) is 10.1 Å². The first-order valence-electron chi connectivity index (χ1n) is 10.8. The average Bonchev–Trinajstić information content (AvgIpc) is 3.32. The first-order chi connectivity index (χ1) is 15.7. The van der Waals surface area contributed by atoms with Crippen LogP contribution >= 0.6 is 11.3 Å². The highest BCUT2D eigenvalue weighted by atomic mass is 32.2. The molecule has 1 saturated carbocycles. The van der Waals surface area contributed by atoms with Crippen LogP contribution in [0.3, 0.4) is 0 Å². The molecule has 2 aromatic heterocycles. The fourth-order valence-electron chi connectivity index (χ4n) is 4.23. The normalized spacial score (nSPS) is 24.0. The summed E-state index contributed by atoms with van der Waals surface area (Å²) in [6.07, 6.45) is 4.80. The molecule has 3 N–H and O–H groups in total. The van der Waals surface area contributed by atoms with Crippen LogP contribution in [0.5, 0.6) is 0 Å². The number of aromatic nitrogens is 2. The second kappa shape index (κ2) is 8.48. The number of aryl methyl sites for hydroxylation is 1. The molecule has 1 aliphatic heterocycles. The molecule has 0 radical (unpaired) electrons. The molecule has 5 rings (SSSR count). The number of rotatable bonds is 6. The van der Waals surface area contributed by atoms with Gasteiger partial charge in [0.2, 0.25) is 0 Å². The Morgan fingerprint density at radius 1 is 1.27 bits per heavy atom. The van der Waals surface area contributed by atoms with E-state index in [1.165, 1.54) is 24.5 Å². The van der Waals surface area contributed by atoms with E-state index in [4.69, 9.17) is 0 Å². The molecule has 0 spiro atoms. The summed E-state index contributed by atoms with van der Waals surface area (Å²) in [6, 6.07) is 7.34. The number of halogens is 1. The van der Waals surface area contributed by atoms with Crippen LogP contribution in [-0.4, -0.2) is 46.9 Å². The van der Waals surface area contributed by atoms with Crippen LogP contribution < -0.4 is 10.0 Å². The number of aliphatic hydroxyl groups is 1. The van der Waals surface area contributed by atoms with E-state index >= 15 is 0 Å². The summed E-state index contributed by atoms with van der Waals surface area (Å²) in [5.74, 6) is -0.0238. The van der Waals surface area contributed by atoms with Gasteiger partial charge in [-0.1, -0.05) is 0 Å². The number of nitrogens with one attached hydrogen (secondary N) is 2. The lowest BCUT2D eigenvalue weighted by Gasteiger charge is -2.39. The van der Waals surface area contributed by atoms with Crippen molar-refractivity contribution >= 4 is 27.2 Å². The van der Waals surface area contributed by atoms with Crippen molar-refractivity contribution in [2.75, 3.05) is 12.4 Å². The van der Waals surface area contributed by atoms with Gasteiger partial charge < -0.3 is 10.4 Å². The van der Waals surface area contributed by atoms with E-state index in [1.54, 1.807) is 23.0 Å². The summed E-state index contributed by atoms with van der Waals surface area (Å²) in [5.41, 5.74) is 2.17. The average molecular weight is 492 g/mol. The second-order valence-electron chi connectivity index (χ2n) is 8.70. The lowest BCUT2D eigenvalue weighted by molar-refractivity contribution is 0.102. The highest BCUT2D eigenvalue weighted by molar-refractivity contribution is 7.87. The van der Waals surface area contributed by atoms with Crippen LogP contribution in [0, 0.1) is 5.82 Å². The Labute approximate surface area is 196 Å². The summed E-state index contributed by atoms with van der Waals surface area (Å²) in [4.78, 5) is 1.85. The smallest absolute Gasteiger partial charge is 0.280 e. The van der Waals surface area contributed by atoms with Crippen molar-refractivity contribution in [1.29, 1.82) is 0 Å². The molecule has 176 valence electrons. The van der Waals surface area contributed by atoms with E-state index in [1.807, 2.05) is 25.4 Å². The molecule has 3 aromatic rings. The number of hydrogen-bond acceptors (Lipinski definition) is 6. The van der Waals surface area contributed by atoms with Crippen LogP contribution in [0.1, 0.15) is 41.7 Å². The molecular formula is C22H26FN5O3S2. The number of benzene rings is 1. The van der Waals surface area contributed by atoms with Crippen molar-refractivity contribution in [2.24, 2.45) is 7.05 Å². The lowest BCUT2D eigenvalue weighted by Crippen LogP contribution is -2.57. The molecule has 11 heteroatoms. The molecule has 3 atom stereocenters. The van der Waals surface area contributed by atoms with Gasteiger partial charge in [0.15, 0.2) is 0 Å². The minimum absolute atomic E-state index is 0.225. The van der Waals surface area contributed by atoms with E-state index in [2.05, 4.69) is 15.1 Å². The summed E-state index contributed by atoms with van der Waals surface area (Å²) in [6.45, 7) is 0. The fourth-order valence-corrected chi connectivity index (χ4v) is 6.66. The van der Waals surface area contributed by atoms with Gasteiger partial charge in [0, 0.05) is 41.3 Å². The zero-order valence-electron chi connectivity index (χ0n) is 18.3. The van der Waals surface area contributed by atoms with E-state index in [0.29, 0.717) is 17.7 Å². The van der Waals surface area contributed by atoms with Crippen LogP contribution in [0.25, 0.3) is 10.4 Å². The molecule has 1 saturated heterocycles. The molecule has 2 aliphatic rings. The minimum atomic E-state index is -3.80. The first-order valence-corrected chi connectivity index (χ1v) is 13.0. The van der Waals surface area contributed by atoms with E-state index in [-0.39, 0.29) is 11.7 Å². The SMILES string of the molecule is CN1C(C(O)Nc2ccc(F)c(C3CC3)c2)CC(c2ccc(-c3cnn(C)c3)s2)NS1(=O)=O. The summed E-state index contributed by atoms with van der Waals surface area (Å²) < 4.78 is 45.3. The summed E-state index contributed by atoms with van der Waals surface area (Å²) >= 11 is 1.50. The number of nitrogens with zero attached hydrogens (tertiary/aromatic N) is 3. The summed E-state index contributed by atoms with van der Waals surface area (Å²) in [7, 11) is -0.509. The van der Waals surface area contributed by atoms with Gasteiger partial charge in [0.1, 0.15) is 12.0 Å². The van der Waals surface area contributed by atoms with Crippen LogP contribution in [0.2, 0.25) is 0 Å². The van der Waals surface area contributed by atoms with E-state index in [0.717, 1.165) is 32.5 Å². The highest BCUT2D eigenvalue weighted by Crippen LogP contribution is 2.42. The van der Waals surface area contributed by atoms with Crippen molar-refractivity contribution in [3.8, 4) is 10.4 Å². The highest BCUT2D eigenvalue weighted by Gasteiger charge is 2.41. The second-order valence-corrected chi connectivity index (χ2v) is 11.6. The van der Waals surface area contributed by atoms with Gasteiger partial charge in [-0.25, -0.2) is 4.39 Å². The topological polar surface area (TPSA) is 99.5 Å². The maximum absolute atomic E-state index is 14.1. The third-order valence-electron chi connectivity index (χ3n) is 6.27. The van der Waals surface area contributed by atoms with Crippen molar-refractivity contribution in [3.63, 3.8) is 0 Å². The molecule has 33 heavy (non-hydrogen) atoms. The Morgan fingerprint density at radius 3 is 2.76 bits per heavy atom. The van der Waals surface area contributed by atoms with Crippen molar-refractivity contribution < 1.29 is 17.9 Å². The Balaban J connectivity index is 1.36. The van der Waals surface area contributed by atoms with Gasteiger partial charge >= 0.3 is 0 Å². The predicted molar refractivity (Wildman–Crippen MR) is 125 cm³/mol. The fraction of sp³-hybridized carbons (Fsp3) is 0.409. The quantitative estimate of drug-likeness (QED) is 0.460. The molecular weight excluding hydrogens is 465 g/mol. The number of anilines is 1. The Hall–Kier alpha value is -2.31. The van der Waals surface area contributed by atoms with Gasteiger partial charge in [0.05, 0.1) is 18.3 Å². The van der Waals surface area contributed by atoms with Gasteiger partial charge in [-0.2, -0.15) is 22.5 Å². The van der Waals surface area contributed by atoms with E-state index < -0.39 is 28.5 Å². The van der Waals surface area contributed by atoms with Gasteiger partial charge in [-0.05, 0) is 61.1 Å². The van der Waals surface area contributed by atoms with Crippen molar-refractivity contribution in [2.45, 2.75) is 43.5 Å². The first kappa shape index (κ1) is 22.5. The Bertz CT molecular complexity index is 1270. The van der Waals surface area contributed by atoms with Gasteiger partial charge in [-0.3, -0.25) is 4.68 Å². The number of aliphatic hydroxyl groups excluding tert-OH is 1. The molecule has 1 aromatic carbocycles. The molecule has 8 nitrogen and oxygen atoms in total. The number of likely N-dealkylation sites (N-methyl/N-ethyl adjacent to an activating group) is 1. The number of hydrogen-bond donors (Lipinski definition) is 3. The van der Waals surface area contributed by atoms with E-state index in [9.17, 15) is 17.9 Å². The Morgan fingerprint density at radius 2 is 2.06 bits per heavy atom. The van der Waals surface area contributed by atoms with Crippen LogP contribution in [-0.2, 0) is 17.3 Å². The number of thiophene rings is 1. The minimum Gasteiger partial charge on any atom is -0.372 e. The summed E-state index contributed by atoms with van der Waals surface area (Å²) in [5, 5.41) is 18.1. The van der Waals surface area contributed by atoms with Crippen molar-refractivity contribution in [3.05, 3.63) is 59.0 Å². The largest absolute Gasteiger partial charge is 0.372 e. The zero-order valence-corrected chi connectivity index (χ0v) is 19.9. The Kier molecular flexibility index (Phi) is 5.78. The standard InChI is InChI=1S/C22H26FN5O3S2/c1-27-12-14(11-24-27)20-7-8-21(32-20)18-10-19(28(2)33(30,31)26-18)22(29)25-15-5-6-17(23)16(9-15)13-3-4-13/h5-9,11-13,18-19,22,25-26,29H,3-4,10H2,1-2H3. The molecule has 2 fully saturated rings. The molecule has 3 heterocycles. The monoisotopic (exact) mass is 491 g/mol. The third kappa shape index (κ3) is 4.56. The van der Waals surface area contributed by atoms with Gasteiger partial charge in [-0.15, -0.1) is 11.3 Å². The maximum Gasteiger partial charge on any atom is 0.280 e. The molecule has 1 aliphatic carbocycles. The zero-order chi connectivity index (χ0) is 23.3.